The first kappa shape index (κ1) is 31.0. The van der Waals surface area contributed by atoms with Gasteiger partial charge in [0.1, 0.15) is 12.4 Å². The van der Waals surface area contributed by atoms with Gasteiger partial charge in [0.05, 0.1) is 45.4 Å². The van der Waals surface area contributed by atoms with E-state index in [-0.39, 0.29) is 45.6 Å². The lowest BCUT2D eigenvalue weighted by molar-refractivity contribution is -0.109. The van der Waals surface area contributed by atoms with Gasteiger partial charge >= 0.3 is 6.03 Å². The molecule has 3 aromatic rings. The zero-order chi connectivity index (χ0) is 30.9. The maximum Gasteiger partial charge on any atom is 0.318 e. The zero-order valence-electron chi connectivity index (χ0n) is 23.2. The van der Waals surface area contributed by atoms with Crippen molar-refractivity contribution in [1.29, 1.82) is 0 Å². The summed E-state index contributed by atoms with van der Waals surface area (Å²) in [4.78, 5) is 31.0. The molecule has 3 amide bonds. The highest BCUT2D eigenvalue weighted by Gasteiger charge is 2.46. The number of nitrogens with one attached hydrogen (secondary N) is 3. The Morgan fingerprint density at radius 1 is 1.14 bits per heavy atom. The van der Waals surface area contributed by atoms with E-state index >= 15 is 0 Å². The molecule has 2 fully saturated rings. The van der Waals surface area contributed by atoms with Crippen molar-refractivity contribution in [3.63, 3.8) is 0 Å². The topological polar surface area (TPSA) is 101 Å². The van der Waals surface area contributed by atoms with E-state index in [1.807, 2.05) is 0 Å². The summed E-state index contributed by atoms with van der Waals surface area (Å²) in [7, 11) is 1.67. The third kappa shape index (κ3) is 7.04. The van der Waals surface area contributed by atoms with Gasteiger partial charge in [0.2, 0.25) is 5.95 Å². The number of benzene rings is 2. The van der Waals surface area contributed by atoms with Gasteiger partial charge in [0.25, 0.3) is 18.3 Å². The fourth-order valence-corrected chi connectivity index (χ4v) is 5.72. The highest BCUT2D eigenvalue weighted by Crippen LogP contribution is 2.37. The van der Waals surface area contributed by atoms with Crippen molar-refractivity contribution in [2.75, 3.05) is 25.0 Å². The lowest BCUT2D eigenvalue weighted by Gasteiger charge is -2.38. The minimum atomic E-state index is -2.88. The van der Waals surface area contributed by atoms with Crippen molar-refractivity contribution in [2.45, 2.75) is 57.0 Å². The Kier molecular flexibility index (Phi) is 9.12. The SMILES string of the molecule is Cn1c(Nc2c(Cl)ccc(CNC(=O)N3CC(F)(F)C3)c2Cl)nc2cc(C(=O)NC3CCCCC3)c(OCC(F)F)cc21. The van der Waals surface area contributed by atoms with Crippen LogP contribution in [-0.4, -0.2) is 64.5 Å². The lowest BCUT2D eigenvalue weighted by atomic mass is 9.95. The smallest absolute Gasteiger partial charge is 0.318 e. The molecule has 2 aromatic carbocycles. The molecule has 5 rings (SSSR count). The van der Waals surface area contributed by atoms with Crippen molar-refractivity contribution in [1.82, 2.24) is 25.1 Å². The molecule has 9 nitrogen and oxygen atoms in total. The number of amides is 3. The van der Waals surface area contributed by atoms with Crippen molar-refractivity contribution >= 4 is 57.8 Å². The number of likely N-dealkylation sites (tertiary alicyclic amines) is 1. The van der Waals surface area contributed by atoms with Gasteiger partial charge in [-0.15, -0.1) is 0 Å². The molecule has 1 aliphatic carbocycles. The highest BCUT2D eigenvalue weighted by molar-refractivity contribution is 6.39. The van der Waals surface area contributed by atoms with Crippen molar-refractivity contribution in [3.8, 4) is 5.75 Å². The quantitative estimate of drug-likeness (QED) is 0.231. The number of aromatic nitrogens is 2. The van der Waals surface area contributed by atoms with E-state index in [0.29, 0.717) is 16.6 Å². The number of hydrogen-bond acceptors (Lipinski definition) is 5. The number of aryl methyl sites for hydroxylation is 1. The number of carbonyl (C=O) groups is 2. The predicted octanol–water partition coefficient (Wildman–Crippen LogP) is 6.49. The summed E-state index contributed by atoms with van der Waals surface area (Å²) in [6, 6.07) is 5.49. The van der Waals surface area contributed by atoms with Gasteiger partial charge in [-0.2, -0.15) is 0 Å². The largest absolute Gasteiger partial charge is 0.487 e. The summed E-state index contributed by atoms with van der Waals surface area (Å²) in [5.41, 5.74) is 1.72. The van der Waals surface area contributed by atoms with Gasteiger partial charge in [-0.1, -0.05) is 48.5 Å². The van der Waals surface area contributed by atoms with Crippen LogP contribution in [0.2, 0.25) is 10.0 Å². The van der Waals surface area contributed by atoms with Gasteiger partial charge in [-0.05, 0) is 30.5 Å². The lowest BCUT2D eigenvalue weighted by Crippen LogP contribution is -2.60. The number of carbonyl (C=O) groups excluding carboxylic acids is 2. The van der Waals surface area contributed by atoms with Crippen LogP contribution in [0, 0.1) is 0 Å². The van der Waals surface area contributed by atoms with E-state index in [2.05, 4.69) is 20.9 Å². The molecule has 15 heteroatoms. The van der Waals surface area contributed by atoms with Gasteiger partial charge in [-0.3, -0.25) is 4.79 Å². The molecule has 1 aromatic heterocycles. The Hall–Kier alpha value is -3.45. The molecule has 0 unspecified atom stereocenters. The number of rotatable bonds is 9. The third-order valence-electron chi connectivity index (χ3n) is 7.50. The number of hydrogen-bond donors (Lipinski definition) is 3. The Balaban J connectivity index is 1.39. The summed E-state index contributed by atoms with van der Waals surface area (Å²) in [5, 5.41) is 9.03. The number of imidazole rings is 1. The van der Waals surface area contributed by atoms with E-state index in [1.165, 1.54) is 12.1 Å². The minimum Gasteiger partial charge on any atom is -0.487 e. The Bertz CT molecular complexity index is 1520. The molecule has 0 spiro atoms. The monoisotopic (exact) mass is 644 g/mol. The third-order valence-corrected chi connectivity index (χ3v) is 8.25. The number of anilines is 2. The minimum absolute atomic E-state index is 0.00410. The Morgan fingerprint density at radius 2 is 1.86 bits per heavy atom. The molecule has 1 aliphatic heterocycles. The zero-order valence-corrected chi connectivity index (χ0v) is 24.7. The van der Waals surface area contributed by atoms with E-state index in [1.54, 1.807) is 23.7 Å². The molecule has 0 radical (unpaired) electrons. The van der Waals surface area contributed by atoms with Gasteiger partial charge in [0.15, 0.2) is 0 Å². The molecule has 0 atom stereocenters. The van der Waals surface area contributed by atoms with E-state index in [4.69, 9.17) is 27.9 Å². The molecule has 232 valence electrons. The predicted molar refractivity (Wildman–Crippen MR) is 155 cm³/mol. The van der Waals surface area contributed by atoms with E-state index in [0.717, 1.165) is 37.0 Å². The van der Waals surface area contributed by atoms with Gasteiger partial charge in [0, 0.05) is 25.7 Å². The summed E-state index contributed by atoms with van der Waals surface area (Å²) >= 11 is 13.0. The first-order valence-electron chi connectivity index (χ1n) is 13.8. The van der Waals surface area contributed by atoms with Crippen molar-refractivity contribution < 1.29 is 31.9 Å². The van der Waals surface area contributed by atoms with Gasteiger partial charge < -0.3 is 30.2 Å². The number of nitrogens with zero attached hydrogens (tertiary/aromatic N) is 3. The summed E-state index contributed by atoms with van der Waals surface area (Å²) < 4.78 is 59.2. The van der Waals surface area contributed by atoms with Gasteiger partial charge in [-0.25, -0.2) is 27.3 Å². The van der Waals surface area contributed by atoms with Crippen LogP contribution in [0.3, 0.4) is 0 Å². The second kappa shape index (κ2) is 12.7. The second-order valence-corrected chi connectivity index (χ2v) is 11.5. The summed E-state index contributed by atoms with van der Waals surface area (Å²) in [6.45, 7) is -2.22. The molecule has 2 heterocycles. The molecule has 43 heavy (non-hydrogen) atoms. The fraction of sp³-hybridized carbons (Fsp3) is 0.464. The number of fused-ring (bicyclic) bond motifs is 1. The number of halogens is 6. The summed E-state index contributed by atoms with van der Waals surface area (Å²) in [5.74, 6) is -3.04. The highest BCUT2D eigenvalue weighted by atomic mass is 35.5. The molecule has 2 aliphatic rings. The van der Waals surface area contributed by atoms with Crippen LogP contribution < -0.4 is 20.7 Å². The molecule has 1 saturated heterocycles. The molecule has 3 N–H and O–H groups in total. The number of urea groups is 1. The van der Waals surface area contributed by atoms with E-state index in [9.17, 15) is 27.2 Å². The molecule has 0 bridgehead atoms. The van der Waals surface area contributed by atoms with Crippen molar-refractivity contribution in [3.05, 3.63) is 45.4 Å². The van der Waals surface area contributed by atoms with Crippen LogP contribution in [0.1, 0.15) is 48.0 Å². The van der Waals surface area contributed by atoms with Crippen LogP contribution in [0.5, 0.6) is 5.75 Å². The van der Waals surface area contributed by atoms with Crippen molar-refractivity contribution in [2.24, 2.45) is 7.05 Å². The normalized spacial score (nSPS) is 16.7. The first-order chi connectivity index (χ1) is 20.4. The van der Waals surface area contributed by atoms with Crippen LogP contribution in [0.15, 0.2) is 24.3 Å². The molecular weight excluding hydrogens is 615 g/mol. The van der Waals surface area contributed by atoms with Crippen LogP contribution >= 0.6 is 23.2 Å². The number of alkyl halides is 4. The molecule has 1 saturated carbocycles. The van der Waals surface area contributed by atoms with Crippen LogP contribution in [-0.2, 0) is 13.6 Å². The summed E-state index contributed by atoms with van der Waals surface area (Å²) in [6.07, 6.45) is 2.07. The van der Waals surface area contributed by atoms with Crippen LogP contribution in [0.4, 0.5) is 34.0 Å². The number of ether oxygens (including phenoxy) is 1. The average Bonchev–Trinajstić information content (AvgIpc) is 3.26. The average molecular weight is 645 g/mol. The standard InChI is InChI=1S/C28H30Cl2F4N6O3/c1-39-20-10-21(43-12-22(31)32)17(25(41)36-16-5-3-2-4-6-16)9-19(20)37-26(39)38-24-18(29)8-7-15(23(24)30)11-35-27(42)40-13-28(33,34)14-40/h7-10,16,22H,2-6,11-14H2,1H3,(H,35,42)(H,36,41)(H,37,38). The van der Waals surface area contributed by atoms with Crippen LogP contribution in [0.25, 0.3) is 11.0 Å². The first-order valence-corrected chi connectivity index (χ1v) is 14.5. The maximum absolute atomic E-state index is 13.2. The Morgan fingerprint density at radius 3 is 2.53 bits per heavy atom. The second-order valence-electron chi connectivity index (χ2n) is 10.7. The molecular formula is C28H30Cl2F4N6O3. The maximum atomic E-state index is 13.2. The fourth-order valence-electron chi connectivity index (χ4n) is 5.19. The Labute approximate surface area is 254 Å². The van der Waals surface area contributed by atoms with E-state index < -0.39 is 44.0 Å².